The molecule has 8 aromatic rings. The quantitative estimate of drug-likeness (QED) is 0.147. The second-order valence-electron chi connectivity index (χ2n) is 14.1. The van der Waals surface area contributed by atoms with Gasteiger partial charge in [0.15, 0.2) is 0 Å². The van der Waals surface area contributed by atoms with E-state index < -0.39 is 23.5 Å². The fraction of sp³-hybridized carbons (Fsp3) is 0.130. The lowest BCUT2D eigenvalue weighted by atomic mass is 9.86. The third kappa shape index (κ3) is 9.81. The van der Waals surface area contributed by atoms with Crippen LogP contribution in [0.2, 0.25) is 30.1 Å². The Morgan fingerprint density at radius 3 is 1.52 bits per heavy atom. The minimum absolute atomic E-state index is 0.103. The molecular weight excluding hydrogens is 929 g/mol. The molecular formula is C46H30Cl6F4N4O2. The smallest absolute Gasteiger partial charge is 0.417 e. The van der Waals surface area contributed by atoms with Gasteiger partial charge in [-0.05, 0) is 66.6 Å². The van der Waals surface area contributed by atoms with Gasteiger partial charge in [-0.3, -0.25) is 19.9 Å². The maximum Gasteiger partial charge on any atom is 0.417 e. The van der Waals surface area contributed by atoms with Crippen molar-refractivity contribution in [2.75, 3.05) is 0 Å². The molecule has 0 saturated heterocycles. The number of nitrogens with zero attached hydrogens (tertiary/aromatic N) is 4. The van der Waals surface area contributed by atoms with Crippen LogP contribution in [0.3, 0.4) is 0 Å². The largest absolute Gasteiger partial charge is 0.505 e. The number of benzene rings is 4. The molecule has 316 valence electrons. The molecule has 0 spiro atoms. The van der Waals surface area contributed by atoms with E-state index in [9.17, 15) is 27.8 Å². The van der Waals surface area contributed by atoms with E-state index in [1.807, 2.05) is 37.3 Å². The van der Waals surface area contributed by atoms with Crippen molar-refractivity contribution < 1.29 is 27.8 Å². The first-order valence-electron chi connectivity index (χ1n) is 18.6. The summed E-state index contributed by atoms with van der Waals surface area (Å²) in [5, 5.41) is 26.2. The zero-order valence-corrected chi connectivity index (χ0v) is 36.5. The maximum absolute atomic E-state index is 14.6. The van der Waals surface area contributed by atoms with Crippen LogP contribution in [0.1, 0.15) is 56.7 Å². The third-order valence-corrected chi connectivity index (χ3v) is 12.0. The number of halogens is 10. The van der Waals surface area contributed by atoms with E-state index in [1.165, 1.54) is 12.3 Å². The second kappa shape index (κ2) is 18.8. The van der Waals surface area contributed by atoms with E-state index in [1.54, 1.807) is 60.8 Å². The van der Waals surface area contributed by atoms with Crippen molar-refractivity contribution in [2.24, 2.45) is 0 Å². The second-order valence-corrected chi connectivity index (χ2v) is 16.6. The minimum atomic E-state index is -4.71. The van der Waals surface area contributed by atoms with Gasteiger partial charge in [-0.15, -0.1) is 0 Å². The summed E-state index contributed by atoms with van der Waals surface area (Å²) >= 11 is 37.7. The number of phenols is 2. The number of rotatable bonds is 8. The first-order chi connectivity index (χ1) is 29.5. The van der Waals surface area contributed by atoms with Crippen molar-refractivity contribution in [3.05, 3.63) is 197 Å². The van der Waals surface area contributed by atoms with Gasteiger partial charge in [0.05, 0.1) is 32.7 Å². The van der Waals surface area contributed by atoms with E-state index in [2.05, 4.69) is 19.9 Å². The van der Waals surface area contributed by atoms with Gasteiger partial charge in [0, 0.05) is 85.3 Å². The number of aromatic nitrogens is 4. The molecule has 4 aromatic heterocycles. The summed E-state index contributed by atoms with van der Waals surface area (Å²) in [6.07, 6.45) is -0.708. The van der Waals surface area contributed by atoms with Gasteiger partial charge in [-0.2, -0.15) is 13.2 Å². The van der Waals surface area contributed by atoms with Crippen LogP contribution in [0.15, 0.2) is 116 Å². The highest BCUT2D eigenvalue weighted by molar-refractivity contribution is 6.36. The Kier molecular flexibility index (Phi) is 13.7. The summed E-state index contributed by atoms with van der Waals surface area (Å²) in [5.74, 6) is -2.19. The normalized spacial score (nSPS) is 12.6. The molecule has 0 amide bonds. The zero-order chi connectivity index (χ0) is 44.5. The van der Waals surface area contributed by atoms with Crippen molar-refractivity contribution >= 4 is 91.4 Å². The molecule has 0 saturated carbocycles. The molecule has 6 nitrogen and oxygen atoms in total. The van der Waals surface area contributed by atoms with Crippen LogP contribution in [-0.2, 0) is 19.0 Å². The van der Waals surface area contributed by atoms with Crippen molar-refractivity contribution in [3.63, 3.8) is 0 Å². The standard InChI is InChI=1S/C23H16Cl4N2O.C23H14Cl2F4N2O/c1-12-18(25)11-20(27)21(29-12)10-17(15-7-5-14(24)9-19(15)26)16-6-4-13-3-2-8-28-22(13)23(16)30;24-14-4-6-15(18(25)9-14)17(10-20-19(26)8-13(11-31-20)23(27,28)29)16-5-3-12-2-1-7-30-21(12)22(16)32/h2-9,11,17,30H,10H2,1H3;1-9,11,17,32H,10H2. The molecule has 0 aliphatic heterocycles. The van der Waals surface area contributed by atoms with E-state index in [-0.39, 0.29) is 34.6 Å². The summed E-state index contributed by atoms with van der Waals surface area (Å²) in [7, 11) is 0. The van der Waals surface area contributed by atoms with Crippen molar-refractivity contribution in [1.29, 1.82) is 0 Å². The number of fused-ring (bicyclic) bond motifs is 2. The van der Waals surface area contributed by atoms with Crippen LogP contribution in [0.4, 0.5) is 17.6 Å². The number of phenolic OH excluding ortho intramolecular Hbond substituents is 2. The average molecular weight is 959 g/mol. The van der Waals surface area contributed by atoms with Crippen molar-refractivity contribution in [2.45, 2.75) is 37.8 Å². The molecule has 2 N–H and O–H groups in total. The van der Waals surface area contributed by atoms with Gasteiger partial charge >= 0.3 is 6.18 Å². The van der Waals surface area contributed by atoms with Crippen LogP contribution in [-0.4, -0.2) is 30.1 Å². The fourth-order valence-electron chi connectivity index (χ4n) is 7.11. The molecule has 2 atom stereocenters. The maximum atomic E-state index is 14.6. The highest BCUT2D eigenvalue weighted by atomic mass is 35.5. The van der Waals surface area contributed by atoms with Gasteiger partial charge in [0.1, 0.15) is 28.3 Å². The third-order valence-electron chi connectivity index (χ3n) is 10.2. The fourth-order valence-corrected chi connectivity index (χ4v) is 8.62. The van der Waals surface area contributed by atoms with Gasteiger partial charge in [0.2, 0.25) is 0 Å². The van der Waals surface area contributed by atoms with E-state index in [0.717, 1.165) is 10.9 Å². The Bertz CT molecular complexity index is 2970. The lowest BCUT2D eigenvalue weighted by molar-refractivity contribution is -0.138. The highest BCUT2D eigenvalue weighted by Gasteiger charge is 2.33. The molecule has 0 aliphatic carbocycles. The first-order valence-corrected chi connectivity index (χ1v) is 20.8. The van der Waals surface area contributed by atoms with Crippen LogP contribution in [0.5, 0.6) is 11.5 Å². The topological polar surface area (TPSA) is 92.0 Å². The molecule has 62 heavy (non-hydrogen) atoms. The number of alkyl halides is 3. The lowest BCUT2D eigenvalue weighted by Gasteiger charge is -2.22. The van der Waals surface area contributed by atoms with E-state index >= 15 is 0 Å². The molecule has 2 unspecified atom stereocenters. The Balaban J connectivity index is 0.000000187. The predicted octanol–water partition coefficient (Wildman–Crippen LogP) is 14.8. The predicted molar refractivity (Wildman–Crippen MR) is 239 cm³/mol. The molecule has 0 bridgehead atoms. The summed E-state index contributed by atoms with van der Waals surface area (Å²) < 4.78 is 53.3. The number of pyridine rings is 4. The lowest BCUT2D eigenvalue weighted by Crippen LogP contribution is -2.12. The molecule has 4 heterocycles. The number of hydrogen-bond donors (Lipinski definition) is 2. The van der Waals surface area contributed by atoms with Crippen LogP contribution >= 0.6 is 69.6 Å². The van der Waals surface area contributed by atoms with E-state index in [0.29, 0.717) is 88.3 Å². The SMILES string of the molecule is Cc1nc(CC(c2ccc(Cl)cc2Cl)c2ccc3cccnc3c2O)c(Cl)cc1Cl.Oc1c(C(Cc2ncc(C(F)(F)F)cc2F)c2ccc(Cl)cc2Cl)ccc2cccnc12. The van der Waals surface area contributed by atoms with Crippen LogP contribution < -0.4 is 0 Å². The molecule has 0 radical (unpaired) electrons. The summed E-state index contributed by atoms with van der Waals surface area (Å²) in [4.78, 5) is 16.8. The van der Waals surface area contributed by atoms with Crippen LogP contribution in [0, 0.1) is 12.7 Å². The molecule has 0 fully saturated rings. The van der Waals surface area contributed by atoms with Gasteiger partial charge in [0.25, 0.3) is 0 Å². The summed E-state index contributed by atoms with van der Waals surface area (Å²) in [5.41, 5.74) is 3.18. The number of aryl methyl sites for hydroxylation is 1. The van der Waals surface area contributed by atoms with Gasteiger partial charge < -0.3 is 10.2 Å². The van der Waals surface area contributed by atoms with Gasteiger partial charge in [-0.1, -0.05) is 118 Å². The average Bonchev–Trinajstić information content (AvgIpc) is 3.22. The number of hydrogen-bond acceptors (Lipinski definition) is 6. The summed E-state index contributed by atoms with van der Waals surface area (Å²) in [6.45, 7) is 1.82. The Morgan fingerprint density at radius 2 is 1.05 bits per heavy atom. The Labute approximate surface area is 382 Å². The Hall–Kier alpha value is -4.94. The highest BCUT2D eigenvalue weighted by Crippen LogP contribution is 2.43. The minimum Gasteiger partial charge on any atom is -0.505 e. The van der Waals surface area contributed by atoms with Crippen molar-refractivity contribution in [3.8, 4) is 11.5 Å². The monoisotopic (exact) mass is 956 g/mol. The Morgan fingerprint density at radius 1 is 0.565 bits per heavy atom. The zero-order valence-electron chi connectivity index (χ0n) is 32.0. The number of aromatic hydroxyl groups is 2. The molecule has 4 aromatic carbocycles. The molecule has 16 heteroatoms. The summed E-state index contributed by atoms with van der Waals surface area (Å²) in [6, 6.07) is 26.5. The van der Waals surface area contributed by atoms with Crippen LogP contribution in [0.25, 0.3) is 21.8 Å². The van der Waals surface area contributed by atoms with Gasteiger partial charge in [-0.25, -0.2) is 4.39 Å². The molecule has 0 aliphatic rings. The van der Waals surface area contributed by atoms with Crippen molar-refractivity contribution in [1.82, 2.24) is 19.9 Å². The first kappa shape index (κ1) is 45.1. The van der Waals surface area contributed by atoms with E-state index in [4.69, 9.17) is 69.6 Å². The molecule has 8 rings (SSSR count).